The second kappa shape index (κ2) is 17.9. The molecule has 4 aliphatic carbocycles. The zero-order chi connectivity index (χ0) is 27.4. The van der Waals surface area contributed by atoms with Crippen LogP contribution in [0.4, 0.5) is 0 Å². The number of rotatable bonds is 4. The van der Waals surface area contributed by atoms with E-state index < -0.39 is 23.9 Å². The zero-order valence-corrected chi connectivity index (χ0v) is 23.5. The Morgan fingerprint density at radius 2 is 0.737 bits per heavy atom. The average Bonchev–Trinajstić information content (AvgIpc) is 3.57. The van der Waals surface area contributed by atoms with Gasteiger partial charge in [-0.05, 0) is 34.4 Å². The topological polar surface area (TPSA) is 155 Å². The molecule has 0 aromatic carbocycles. The van der Waals surface area contributed by atoms with E-state index in [1.807, 2.05) is 0 Å². The standard InChI is InChI=1S/4C7H6O2.Ca.Fe/c4*1-5-3-2-4-6(5)7(8)9;;/h4*2-4H,1H2,(H,8,9);;/q;;;;+2;/p-2. The summed E-state index contributed by atoms with van der Waals surface area (Å²) in [6.45, 7) is 14.0. The molecular formula is C28H22CaFeO8. The van der Waals surface area contributed by atoms with Crippen LogP contribution >= 0.6 is 0 Å². The van der Waals surface area contributed by atoms with Crippen LogP contribution in [0.3, 0.4) is 0 Å². The fourth-order valence-corrected chi connectivity index (χ4v) is 2.64. The molecule has 0 saturated carbocycles. The molecule has 2 N–H and O–H groups in total. The van der Waals surface area contributed by atoms with E-state index in [9.17, 15) is 29.4 Å². The Bertz CT molecular complexity index is 1100. The predicted octanol–water partition coefficient (Wildman–Crippen LogP) is 1.44. The van der Waals surface area contributed by atoms with Gasteiger partial charge in [-0.3, -0.25) is 0 Å². The first-order valence-corrected chi connectivity index (χ1v) is 10.1. The van der Waals surface area contributed by atoms with Gasteiger partial charge in [0.2, 0.25) is 0 Å². The Hall–Kier alpha value is -3.46. The van der Waals surface area contributed by atoms with Gasteiger partial charge in [0.15, 0.2) is 0 Å². The van der Waals surface area contributed by atoms with E-state index in [0.717, 1.165) is 0 Å². The summed E-state index contributed by atoms with van der Waals surface area (Å²) in [5.41, 5.74) is 3.09. The number of carbonyl (C=O) groups is 4. The van der Waals surface area contributed by atoms with Crippen LogP contribution in [0.15, 0.2) is 144 Å². The summed E-state index contributed by atoms with van der Waals surface area (Å²) < 4.78 is 0. The molecule has 0 fully saturated rings. The third-order valence-corrected chi connectivity index (χ3v) is 4.53. The molecule has 0 aromatic heterocycles. The fourth-order valence-electron chi connectivity index (χ4n) is 2.64. The summed E-state index contributed by atoms with van der Waals surface area (Å²) in [6.07, 6.45) is 19.2. The number of carboxylic acid groups (broad SMARTS) is 4. The molecule has 0 spiro atoms. The summed E-state index contributed by atoms with van der Waals surface area (Å²) in [5, 5.41) is 37.1. The third kappa shape index (κ3) is 11.7. The monoisotopic (exact) mass is 582 g/mol. The Morgan fingerprint density at radius 1 is 0.526 bits per heavy atom. The molecule has 0 heterocycles. The molecule has 0 aliphatic heterocycles. The second-order valence-electron chi connectivity index (χ2n) is 7.04. The van der Waals surface area contributed by atoms with Crippen molar-refractivity contribution in [3.8, 4) is 0 Å². The molecule has 0 amide bonds. The van der Waals surface area contributed by atoms with Crippen LogP contribution in [-0.2, 0) is 36.2 Å². The normalized spacial score (nSPS) is 15.2. The molecule has 10 heteroatoms. The van der Waals surface area contributed by atoms with Gasteiger partial charge in [-0.2, -0.15) is 0 Å². The minimum absolute atomic E-state index is 0. The van der Waals surface area contributed by atoms with Crippen molar-refractivity contribution in [3.63, 3.8) is 0 Å². The van der Waals surface area contributed by atoms with Gasteiger partial charge >= 0.3 is 49.7 Å². The van der Waals surface area contributed by atoms with E-state index in [2.05, 4.69) is 26.3 Å². The van der Waals surface area contributed by atoms with Gasteiger partial charge in [0.25, 0.3) is 0 Å². The molecule has 0 saturated heterocycles. The van der Waals surface area contributed by atoms with Gasteiger partial charge in [-0.15, -0.1) is 0 Å². The van der Waals surface area contributed by atoms with E-state index in [1.165, 1.54) is 24.3 Å². The van der Waals surface area contributed by atoms with Gasteiger partial charge in [-0.25, -0.2) is 9.59 Å². The Labute approximate surface area is 260 Å². The largest absolute Gasteiger partial charge is 2.00 e. The molecule has 192 valence electrons. The van der Waals surface area contributed by atoms with Gasteiger partial charge < -0.3 is 30.0 Å². The quantitative estimate of drug-likeness (QED) is 0.472. The molecule has 38 heavy (non-hydrogen) atoms. The van der Waals surface area contributed by atoms with Gasteiger partial charge in [-0.1, -0.05) is 87.1 Å². The summed E-state index contributed by atoms with van der Waals surface area (Å²) in [4.78, 5) is 40.7. The van der Waals surface area contributed by atoms with Crippen LogP contribution in [0, 0.1) is 0 Å². The van der Waals surface area contributed by atoms with E-state index in [0.29, 0.717) is 22.3 Å². The minimum Gasteiger partial charge on any atom is -0.545 e. The average molecular weight is 582 g/mol. The van der Waals surface area contributed by atoms with Gasteiger partial charge in [0.1, 0.15) is 0 Å². The van der Waals surface area contributed by atoms with Crippen LogP contribution in [0.2, 0.25) is 0 Å². The van der Waals surface area contributed by atoms with Crippen LogP contribution in [0.25, 0.3) is 0 Å². The van der Waals surface area contributed by atoms with E-state index in [-0.39, 0.29) is 77.1 Å². The summed E-state index contributed by atoms with van der Waals surface area (Å²) in [7, 11) is 0. The Kier molecular flexibility index (Phi) is 17.3. The smallest absolute Gasteiger partial charge is 0.545 e. The maximum atomic E-state index is 10.2. The molecule has 4 rings (SSSR count). The fraction of sp³-hybridized carbons (Fsp3) is 0. The van der Waals surface area contributed by atoms with Crippen molar-refractivity contribution >= 4 is 61.6 Å². The molecular weight excluding hydrogens is 560 g/mol. The van der Waals surface area contributed by atoms with E-state index in [1.54, 1.807) is 48.6 Å². The Balaban J connectivity index is 0. The maximum Gasteiger partial charge on any atom is 2.00 e. The van der Waals surface area contributed by atoms with E-state index in [4.69, 9.17) is 10.2 Å². The van der Waals surface area contributed by atoms with Crippen LogP contribution in [0.1, 0.15) is 0 Å². The van der Waals surface area contributed by atoms with Crippen molar-refractivity contribution in [3.05, 3.63) is 144 Å². The van der Waals surface area contributed by atoms with Crippen molar-refractivity contribution in [2.75, 3.05) is 0 Å². The number of allylic oxidation sites excluding steroid dienone is 12. The number of aliphatic carboxylic acids is 4. The van der Waals surface area contributed by atoms with Crippen LogP contribution in [0.5, 0.6) is 0 Å². The molecule has 0 aromatic rings. The number of carboxylic acids is 4. The summed E-state index contributed by atoms with van der Waals surface area (Å²) >= 11 is 0. The van der Waals surface area contributed by atoms with Gasteiger partial charge in [0, 0.05) is 28.2 Å². The van der Waals surface area contributed by atoms with E-state index >= 15 is 0 Å². The first kappa shape index (κ1) is 36.7. The summed E-state index contributed by atoms with van der Waals surface area (Å²) in [5.74, 6) is -4.15. The van der Waals surface area contributed by atoms with Crippen molar-refractivity contribution < 1.29 is 56.7 Å². The summed E-state index contributed by atoms with van der Waals surface area (Å²) in [6, 6.07) is 0. The molecule has 0 atom stereocenters. The molecule has 0 radical (unpaired) electrons. The second-order valence-corrected chi connectivity index (χ2v) is 7.04. The maximum absolute atomic E-state index is 10.2. The zero-order valence-electron chi connectivity index (χ0n) is 20.2. The number of hydrogen-bond acceptors (Lipinski definition) is 6. The molecule has 4 aliphatic rings. The van der Waals surface area contributed by atoms with Crippen LogP contribution in [-0.4, -0.2) is 71.8 Å². The molecule has 8 nitrogen and oxygen atoms in total. The van der Waals surface area contributed by atoms with Crippen molar-refractivity contribution in [1.29, 1.82) is 0 Å². The first-order valence-electron chi connectivity index (χ1n) is 10.1. The molecule has 0 bridgehead atoms. The van der Waals surface area contributed by atoms with Crippen molar-refractivity contribution in [2.24, 2.45) is 0 Å². The van der Waals surface area contributed by atoms with Crippen LogP contribution < -0.4 is 10.2 Å². The van der Waals surface area contributed by atoms with Crippen molar-refractivity contribution in [1.82, 2.24) is 0 Å². The first-order chi connectivity index (χ1) is 16.9. The number of hydrogen-bond donors (Lipinski definition) is 2. The molecule has 0 unspecified atom stereocenters. The predicted molar refractivity (Wildman–Crippen MR) is 136 cm³/mol. The minimum atomic E-state index is -1.16. The number of carbonyl (C=O) groups excluding carboxylic acids is 2. The van der Waals surface area contributed by atoms with Gasteiger partial charge in [0.05, 0.1) is 23.1 Å². The SMILES string of the molecule is C=C1C=CC=C1C(=O)O.C=C1C=CC=C1C(=O)O.C=C1C=CC=C1C(=O)[O-].C=C1C=CC=C1C(=O)[O-].[Ca+2].[Fe]. The Morgan fingerprint density at radius 3 is 0.816 bits per heavy atom. The van der Waals surface area contributed by atoms with Crippen molar-refractivity contribution in [2.45, 2.75) is 0 Å². The third-order valence-electron chi connectivity index (χ3n) is 4.53.